The minimum atomic E-state index is -0.312. The fourth-order valence-corrected chi connectivity index (χ4v) is 4.37. The van der Waals surface area contributed by atoms with Crippen LogP contribution >= 0.6 is 11.6 Å². The quantitative estimate of drug-likeness (QED) is 0.585. The first kappa shape index (κ1) is 21.4. The largest absolute Gasteiger partial charge is 0.494 e. The number of anilines is 1. The summed E-state index contributed by atoms with van der Waals surface area (Å²) in [5.41, 5.74) is 2.15. The molecule has 2 aromatic carbocycles. The van der Waals surface area contributed by atoms with Crippen LogP contribution in [0, 0.1) is 5.92 Å². The molecule has 162 valence electrons. The SMILES string of the molecule is CCCOc1cccc(N2C(=O)C(c3ccc(Cl)cc3)=C(N3CCCC(C)C3)C2=O)c1. The number of piperidine rings is 1. The van der Waals surface area contributed by atoms with Gasteiger partial charge in [-0.15, -0.1) is 0 Å². The first-order valence-electron chi connectivity index (χ1n) is 10.9. The monoisotopic (exact) mass is 438 g/mol. The van der Waals surface area contributed by atoms with Crippen molar-refractivity contribution in [3.8, 4) is 5.75 Å². The second kappa shape index (κ2) is 9.15. The van der Waals surface area contributed by atoms with E-state index in [0.717, 1.165) is 32.4 Å². The van der Waals surface area contributed by atoms with Gasteiger partial charge in [-0.1, -0.05) is 43.6 Å². The summed E-state index contributed by atoms with van der Waals surface area (Å²) in [6, 6.07) is 14.3. The molecule has 2 aliphatic rings. The van der Waals surface area contributed by atoms with E-state index >= 15 is 0 Å². The lowest BCUT2D eigenvalue weighted by molar-refractivity contribution is -0.120. The van der Waals surface area contributed by atoms with Gasteiger partial charge in [-0.3, -0.25) is 9.59 Å². The lowest BCUT2D eigenvalue weighted by atomic mass is 9.98. The van der Waals surface area contributed by atoms with Crippen molar-refractivity contribution in [2.75, 3.05) is 24.6 Å². The van der Waals surface area contributed by atoms with Crippen LogP contribution in [0.4, 0.5) is 5.69 Å². The number of carbonyl (C=O) groups excluding carboxylic acids is 2. The molecule has 1 atom stereocenters. The molecule has 0 radical (unpaired) electrons. The smallest absolute Gasteiger partial charge is 0.282 e. The molecule has 1 fully saturated rings. The van der Waals surface area contributed by atoms with Crippen molar-refractivity contribution in [2.45, 2.75) is 33.1 Å². The number of likely N-dealkylation sites (tertiary alicyclic amines) is 1. The third kappa shape index (κ3) is 4.33. The Hall–Kier alpha value is -2.79. The molecule has 0 spiro atoms. The molecule has 1 saturated heterocycles. The number of ether oxygens (including phenoxy) is 1. The second-order valence-corrected chi connectivity index (χ2v) is 8.65. The highest BCUT2D eigenvalue weighted by Crippen LogP contribution is 2.37. The van der Waals surface area contributed by atoms with Crippen molar-refractivity contribution in [2.24, 2.45) is 5.92 Å². The zero-order valence-corrected chi connectivity index (χ0v) is 18.7. The number of hydrogen-bond donors (Lipinski definition) is 0. The Morgan fingerprint density at radius 3 is 2.58 bits per heavy atom. The molecular weight excluding hydrogens is 412 g/mol. The number of hydrogen-bond acceptors (Lipinski definition) is 4. The van der Waals surface area contributed by atoms with Gasteiger partial charge in [0.2, 0.25) is 0 Å². The highest BCUT2D eigenvalue weighted by molar-refractivity contribution is 6.45. The summed E-state index contributed by atoms with van der Waals surface area (Å²) in [5.74, 6) is 0.522. The van der Waals surface area contributed by atoms with E-state index in [1.807, 2.05) is 19.1 Å². The van der Waals surface area contributed by atoms with Crippen LogP contribution in [-0.4, -0.2) is 36.4 Å². The topological polar surface area (TPSA) is 49.9 Å². The maximum absolute atomic E-state index is 13.6. The maximum atomic E-state index is 13.6. The molecule has 4 rings (SSSR count). The lowest BCUT2D eigenvalue weighted by Gasteiger charge is -2.33. The van der Waals surface area contributed by atoms with Gasteiger partial charge in [-0.25, -0.2) is 4.90 Å². The predicted octanol–water partition coefficient (Wildman–Crippen LogP) is 5.15. The zero-order chi connectivity index (χ0) is 22.0. The average molecular weight is 439 g/mol. The van der Waals surface area contributed by atoms with Crippen molar-refractivity contribution < 1.29 is 14.3 Å². The number of halogens is 1. The standard InChI is InChI=1S/C25H27ClN2O3/c1-3-14-31-21-8-4-7-20(15-21)28-24(29)22(18-9-11-19(26)12-10-18)23(25(28)30)27-13-5-6-17(2)16-27/h4,7-12,15,17H,3,5-6,13-14,16H2,1-2H3. The molecule has 0 saturated carbocycles. The second-order valence-electron chi connectivity index (χ2n) is 8.22. The summed E-state index contributed by atoms with van der Waals surface area (Å²) in [5, 5.41) is 0.590. The number of rotatable bonds is 6. The van der Waals surface area contributed by atoms with Crippen LogP contribution in [0.25, 0.3) is 5.57 Å². The van der Waals surface area contributed by atoms with Gasteiger partial charge in [-0.2, -0.15) is 0 Å². The number of amides is 2. The van der Waals surface area contributed by atoms with Crippen LogP contribution < -0.4 is 9.64 Å². The molecule has 31 heavy (non-hydrogen) atoms. The number of imide groups is 1. The van der Waals surface area contributed by atoms with E-state index in [1.54, 1.807) is 36.4 Å². The molecule has 0 aliphatic carbocycles. The first-order valence-corrected chi connectivity index (χ1v) is 11.2. The predicted molar refractivity (Wildman–Crippen MR) is 123 cm³/mol. The van der Waals surface area contributed by atoms with Crippen LogP contribution in [-0.2, 0) is 9.59 Å². The van der Waals surface area contributed by atoms with E-state index in [0.29, 0.717) is 45.8 Å². The minimum Gasteiger partial charge on any atom is -0.494 e. The maximum Gasteiger partial charge on any atom is 0.282 e. The lowest BCUT2D eigenvalue weighted by Crippen LogP contribution is -2.39. The van der Waals surface area contributed by atoms with E-state index in [9.17, 15) is 9.59 Å². The van der Waals surface area contributed by atoms with Crippen LogP contribution in [0.1, 0.15) is 38.7 Å². The van der Waals surface area contributed by atoms with Crippen LogP contribution in [0.2, 0.25) is 5.02 Å². The molecule has 0 N–H and O–H groups in total. The van der Waals surface area contributed by atoms with E-state index < -0.39 is 0 Å². The Labute approximate surface area is 188 Å². The van der Waals surface area contributed by atoms with E-state index in [1.165, 1.54) is 4.90 Å². The third-order valence-corrected chi connectivity index (χ3v) is 5.97. The van der Waals surface area contributed by atoms with E-state index in [4.69, 9.17) is 16.3 Å². The van der Waals surface area contributed by atoms with Crippen LogP contribution in [0.3, 0.4) is 0 Å². The summed E-state index contributed by atoms with van der Waals surface area (Å²) in [4.78, 5) is 30.6. The Morgan fingerprint density at radius 2 is 1.87 bits per heavy atom. The zero-order valence-electron chi connectivity index (χ0n) is 17.9. The van der Waals surface area contributed by atoms with E-state index in [2.05, 4.69) is 11.8 Å². The molecule has 2 aliphatic heterocycles. The van der Waals surface area contributed by atoms with Gasteiger partial charge in [0.15, 0.2) is 0 Å². The van der Waals surface area contributed by atoms with Gasteiger partial charge >= 0.3 is 0 Å². The average Bonchev–Trinajstić information content (AvgIpc) is 3.03. The summed E-state index contributed by atoms with van der Waals surface area (Å²) in [6.07, 6.45) is 3.01. The summed E-state index contributed by atoms with van der Waals surface area (Å²) in [6.45, 7) is 6.33. The van der Waals surface area contributed by atoms with Gasteiger partial charge < -0.3 is 9.64 Å². The number of carbonyl (C=O) groups is 2. The van der Waals surface area contributed by atoms with Gasteiger partial charge in [0, 0.05) is 24.2 Å². The van der Waals surface area contributed by atoms with Crippen molar-refractivity contribution in [3.05, 3.63) is 64.8 Å². The Morgan fingerprint density at radius 1 is 1.10 bits per heavy atom. The van der Waals surface area contributed by atoms with Gasteiger partial charge in [0.25, 0.3) is 11.8 Å². The van der Waals surface area contributed by atoms with Gasteiger partial charge in [0.05, 0.1) is 17.9 Å². The minimum absolute atomic E-state index is 0.281. The summed E-state index contributed by atoms with van der Waals surface area (Å²) in [7, 11) is 0. The van der Waals surface area contributed by atoms with Crippen molar-refractivity contribution >= 4 is 34.7 Å². The highest BCUT2D eigenvalue weighted by atomic mass is 35.5. The summed E-state index contributed by atoms with van der Waals surface area (Å²) < 4.78 is 5.72. The van der Waals surface area contributed by atoms with Crippen molar-refractivity contribution in [1.82, 2.24) is 4.90 Å². The fraction of sp³-hybridized carbons (Fsp3) is 0.360. The third-order valence-electron chi connectivity index (χ3n) is 5.71. The molecule has 6 heteroatoms. The summed E-state index contributed by atoms with van der Waals surface area (Å²) >= 11 is 6.07. The molecule has 5 nitrogen and oxygen atoms in total. The Bertz CT molecular complexity index is 1020. The van der Waals surface area contributed by atoms with Crippen LogP contribution in [0.15, 0.2) is 54.2 Å². The van der Waals surface area contributed by atoms with Gasteiger partial charge in [0.1, 0.15) is 11.4 Å². The van der Waals surface area contributed by atoms with E-state index in [-0.39, 0.29) is 11.8 Å². The van der Waals surface area contributed by atoms with Crippen molar-refractivity contribution in [3.63, 3.8) is 0 Å². The number of benzene rings is 2. The van der Waals surface area contributed by atoms with Gasteiger partial charge in [-0.05, 0) is 55.0 Å². The molecule has 0 bridgehead atoms. The fourth-order valence-electron chi connectivity index (χ4n) is 4.25. The number of nitrogens with zero attached hydrogens (tertiary/aromatic N) is 2. The van der Waals surface area contributed by atoms with Crippen molar-refractivity contribution in [1.29, 1.82) is 0 Å². The molecule has 2 heterocycles. The first-order chi connectivity index (χ1) is 15.0. The Kier molecular flexibility index (Phi) is 6.33. The Balaban J connectivity index is 1.76. The molecule has 1 unspecified atom stereocenters. The molecular formula is C25H27ClN2O3. The van der Waals surface area contributed by atoms with Crippen LogP contribution in [0.5, 0.6) is 5.75 Å². The molecule has 0 aromatic heterocycles. The normalized spacial score (nSPS) is 19.4. The highest BCUT2D eigenvalue weighted by Gasteiger charge is 2.43. The molecule has 2 aromatic rings. The molecule has 2 amide bonds.